The molecule has 0 amide bonds. The molecule has 0 aliphatic carbocycles. The van der Waals surface area contributed by atoms with E-state index in [1.165, 1.54) is 51.5 Å². The molecule has 0 aromatic heterocycles. The molecular weight excluding hydrogens is 182 g/mol. The quantitative estimate of drug-likeness (QED) is 0.673. The highest BCUT2D eigenvalue weighted by Crippen LogP contribution is 2.29. The molecule has 1 aliphatic rings. The highest BCUT2D eigenvalue weighted by molar-refractivity contribution is 4.87. The molecule has 1 fully saturated rings. The van der Waals surface area contributed by atoms with Crippen LogP contribution in [0.5, 0.6) is 0 Å². The summed E-state index contributed by atoms with van der Waals surface area (Å²) < 4.78 is 0. The van der Waals surface area contributed by atoms with Gasteiger partial charge in [-0.25, -0.2) is 0 Å². The number of hydrogen-bond acceptors (Lipinski definition) is 1. The second kappa shape index (κ2) is 5.89. The lowest BCUT2D eigenvalue weighted by Crippen LogP contribution is -2.49. The third-order valence-corrected chi connectivity index (χ3v) is 4.14. The number of nitrogens with zero attached hydrogens (tertiary/aromatic N) is 1. The van der Waals surface area contributed by atoms with Crippen LogP contribution in [-0.2, 0) is 0 Å². The molecule has 0 aromatic rings. The maximum Gasteiger partial charge on any atom is 0.0153 e. The molecule has 0 N–H and O–H groups in total. The van der Waals surface area contributed by atoms with Crippen molar-refractivity contribution in [1.82, 2.24) is 4.90 Å². The fourth-order valence-electron chi connectivity index (χ4n) is 2.81. The predicted molar refractivity (Wildman–Crippen MR) is 68.2 cm³/mol. The monoisotopic (exact) mass is 211 g/mol. The largest absolute Gasteiger partial charge is 0.295 e. The summed E-state index contributed by atoms with van der Waals surface area (Å²) in [4.78, 5) is 2.80. The summed E-state index contributed by atoms with van der Waals surface area (Å²) in [5.74, 6) is 0. The fraction of sp³-hybridized carbons (Fsp3) is 1.00. The molecule has 1 heteroatoms. The van der Waals surface area contributed by atoms with E-state index >= 15 is 0 Å². The zero-order valence-corrected chi connectivity index (χ0v) is 11.2. The van der Waals surface area contributed by atoms with E-state index in [2.05, 4.69) is 32.6 Å². The van der Waals surface area contributed by atoms with Gasteiger partial charge in [0, 0.05) is 11.6 Å². The van der Waals surface area contributed by atoms with Gasteiger partial charge in [0.1, 0.15) is 0 Å². The lowest BCUT2D eigenvalue weighted by Gasteiger charge is -2.43. The van der Waals surface area contributed by atoms with Crippen molar-refractivity contribution in [2.45, 2.75) is 84.2 Å². The third kappa shape index (κ3) is 3.48. The molecule has 1 saturated heterocycles. The van der Waals surface area contributed by atoms with Gasteiger partial charge in [-0.15, -0.1) is 0 Å². The average Bonchev–Trinajstić information content (AvgIpc) is 2.44. The van der Waals surface area contributed by atoms with Crippen molar-refractivity contribution in [2.24, 2.45) is 0 Å². The van der Waals surface area contributed by atoms with Crippen LogP contribution in [0.15, 0.2) is 0 Å². The number of likely N-dealkylation sites (tertiary alicyclic amines) is 1. The Labute approximate surface area is 96.2 Å². The van der Waals surface area contributed by atoms with Crippen molar-refractivity contribution < 1.29 is 0 Å². The lowest BCUT2D eigenvalue weighted by molar-refractivity contribution is 0.0628. The van der Waals surface area contributed by atoms with Gasteiger partial charge in [-0.05, 0) is 46.1 Å². The highest BCUT2D eigenvalue weighted by atomic mass is 15.2. The van der Waals surface area contributed by atoms with E-state index < -0.39 is 0 Å². The van der Waals surface area contributed by atoms with E-state index in [1.807, 2.05) is 0 Å². The molecule has 0 bridgehead atoms. The molecule has 1 aliphatic heterocycles. The Morgan fingerprint density at radius 1 is 1.13 bits per heavy atom. The van der Waals surface area contributed by atoms with Crippen LogP contribution in [0.2, 0.25) is 0 Å². The van der Waals surface area contributed by atoms with Crippen LogP contribution in [0.4, 0.5) is 0 Å². The molecule has 15 heavy (non-hydrogen) atoms. The van der Waals surface area contributed by atoms with E-state index in [-0.39, 0.29) is 0 Å². The molecule has 1 nitrogen and oxygen atoms in total. The van der Waals surface area contributed by atoms with E-state index in [4.69, 9.17) is 0 Å². The average molecular weight is 211 g/mol. The van der Waals surface area contributed by atoms with Crippen LogP contribution in [-0.4, -0.2) is 23.0 Å². The summed E-state index contributed by atoms with van der Waals surface area (Å²) in [5, 5.41) is 0. The van der Waals surface area contributed by atoms with Crippen molar-refractivity contribution in [3.63, 3.8) is 0 Å². The van der Waals surface area contributed by atoms with Crippen molar-refractivity contribution in [3.05, 3.63) is 0 Å². The van der Waals surface area contributed by atoms with Crippen molar-refractivity contribution in [1.29, 1.82) is 0 Å². The summed E-state index contributed by atoms with van der Waals surface area (Å²) >= 11 is 0. The van der Waals surface area contributed by atoms with Crippen molar-refractivity contribution in [3.8, 4) is 0 Å². The van der Waals surface area contributed by atoms with E-state index in [1.54, 1.807) is 0 Å². The Hall–Kier alpha value is -0.0400. The lowest BCUT2D eigenvalue weighted by atomic mass is 9.94. The Balaban J connectivity index is 2.69. The van der Waals surface area contributed by atoms with E-state index in [9.17, 15) is 0 Å². The molecule has 0 saturated carbocycles. The zero-order valence-electron chi connectivity index (χ0n) is 11.2. The molecule has 0 aromatic carbocycles. The second-order valence-electron chi connectivity index (χ2n) is 5.65. The Kier molecular flexibility index (Phi) is 5.11. The van der Waals surface area contributed by atoms with Crippen LogP contribution in [0.1, 0.15) is 72.6 Å². The summed E-state index contributed by atoms with van der Waals surface area (Å²) in [6.07, 6.45) is 9.72. The standard InChI is InChI=1S/C14H29N/c1-5-10-13-11-8-7-9-12-15(13)14(3,4)6-2/h13H,5-12H2,1-4H3. The minimum absolute atomic E-state index is 0.407. The molecule has 0 spiro atoms. The summed E-state index contributed by atoms with van der Waals surface area (Å²) in [6, 6.07) is 0.854. The van der Waals surface area contributed by atoms with Gasteiger partial charge in [0.15, 0.2) is 0 Å². The molecule has 1 atom stereocenters. The Bertz CT molecular complexity index is 174. The molecular formula is C14H29N. The van der Waals surface area contributed by atoms with Gasteiger partial charge < -0.3 is 0 Å². The minimum atomic E-state index is 0.407. The normalized spacial score (nSPS) is 25.2. The number of hydrogen-bond donors (Lipinski definition) is 0. The first-order valence-electron chi connectivity index (χ1n) is 6.88. The first kappa shape index (κ1) is 13.0. The zero-order chi connectivity index (χ0) is 11.3. The Morgan fingerprint density at radius 2 is 1.87 bits per heavy atom. The first-order chi connectivity index (χ1) is 7.11. The molecule has 1 heterocycles. The van der Waals surface area contributed by atoms with Gasteiger partial charge in [0.2, 0.25) is 0 Å². The van der Waals surface area contributed by atoms with Gasteiger partial charge in [-0.1, -0.05) is 33.1 Å². The molecule has 0 radical (unpaired) electrons. The third-order valence-electron chi connectivity index (χ3n) is 4.14. The maximum atomic E-state index is 2.80. The molecule has 1 rings (SSSR count). The van der Waals surface area contributed by atoms with Gasteiger partial charge in [-0.3, -0.25) is 4.90 Å². The van der Waals surface area contributed by atoms with Crippen LogP contribution in [0, 0.1) is 0 Å². The van der Waals surface area contributed by atoms with Crippen LogP contribution < -0.4 is 0 Å². The molecule has 90 valence electrons. The summed E-state index contributed by atoms with van der Waals surface area (Å²) in [5.41, 5.74) is 0.407. The van der Waals surface area contributed by atoms with Crippen molar-refractivity contribution >= 4 is 0 Å². The van der Waals surface area contributed by atoms with E-state index in [0.717, 1.165) is 6.04 Å². The first-order valence-corrected chi connectivity index (χ1v) is 6.88. The predicted octanol–water partition coefficient (Wildman–Crippen LogP) is 4.22. The Morgan fingerprint density at radius 3 is 2.47 bits per heavy atom. The topological polar surface area (TPSA) is 3.24 Å². The smallest absolute Gasteiger partial charge is 0.0153 e. The summed E-state index contributed by atoms with van der Waals surface area (Å²) in [7, 11) is 0. The number of rotatable bonds is 4. The van der Waals surface area contributed by atoms with Gasteiger partial charge in [-0.2, -0.15) is 0 Å². The van der Waals surface area contributed by atoms with Crippen LogP contribution >= 0.6 is 0 Å². The van der Waals surface area contributed by atoms with Crippen molar-refractivity contribution in [2.75, 3.05) is 6.54 Å². The van der Waals surface area contributed by atoms with Gasteiger partial charge in [0.25, 0.3) is 0 Å². The van der Waals surface area contributed by atoms with Crippen LogP contribution in [0.3, 0.4) is 0 Å². The van der Waals surface area contributed by atoms with Gasteiger partial charge >= 0.3 is 0 Å². The fourth-order valence-corrected chi connectivity index (χ4v) is 2.81. The van der Waals surface area contributed by atoms with E-state index in [0.29, 0.717) is 5.54 Å². The maximum absolute atomic E-state index is 2.80. The highest BCUT2D eigenvalue weighted by Gasteiger charge is 2.31. The SMILES string of the molecule is CCCC1CCCCCN1C(C)(C)CC. The molecule has 1 unspecified atom stereocenters. The minimum Gasteiger partial charge on any atom is -0.295 e. The van der Waals surface area contributed by atoms with Gasteiger partial charge in [0.05, 0.1) is 0 Å². The summed E-state index contributed by atoms with van der Waals surface area (Å²) in [6.45, 7) is 10.8. The van der Waals surface area contributed by atoms with Crippen LogP contribution in [0.25, 0.3) is 0 Å². The second-order valence-corrected chi connectivity index (χ2v) is 5.65.